The van der Waals surface area contributed by atoms with Gasteiger partial charge in [0.1, 0.15) is 11.4 Å². The number of fused-ring (bicyclic) bond motifs is 1. The first-order chi connectivity index (χ1) is 9.56. The Morgan fingerprint density at radius 3 is 2.57 bits per heavy atom. The summed E-state index contributed by atoms with van der Waals surface area (Å²) in [6.07, 6.45) is 2.49. The molecule has 0 amide bonds. The van der Waals surface area contributed by atoms with Crippen LogP contribution in [0, 0.1) is 11.3 Å². The van der Waals surface area contributed by atoms with Crippen LogP contribution in [0.4, 0.5) is 0 Å². The number of hydrogen-bond donors (Lipinski definition) is 1. The highest BCUT2D eigenvalue weighted by Crippen LogP contribution is 2.37. The first-order valence-electron chi connectivity index (χ1n) is 8.06. The fourth-order valence-corrected chi connectivity index (χ4v) is 3.48. The lowest BCUT2D eigenvalue weighted by atomic mass is 9.82. The van der Waals surface area contributed by atoms with E-state index in [2.05, 4.69) is 47.6 Å². The van der Waals surface area contributed by atoms with Gasteiger partial charge in [-0.1, -0.05) is 33.8 Å². The van der Waals surface area contributed by atoms with Gasteiger partial charge >= 0.3 is 0 Å². The zero-order valence-corrected chi connectivity index (χ0v) is 14.4. The molecular formula is C19H30O2. The van der Waals surface area contributed by atoms with Gasteiger partial charge in [0.2, 0.25) is 0 Å². The zero-order chi connectivity index (χ0) is 15.8. The molecule has 21 heavy (non-hydrogen) atoms. The van der Waals surface area contributed by atoms with Crippen molar-refractivity contribution in [3.63, 3.8) is 0 Å². The van der Waals surface area contributed by atoms with Crippen LogP contribution in [0.15, 0.2) is 18.2 Å². The van der Waals surface area contributed by atoms with E-state index in [1.807, 2.05) is 12.1 Å². The molecule has 118 valence electrons. The Labute approximate surface area is 129 Å². The molecule has 1 aliphatic rings. The summed E-state index contributed by atoms with van der Waals surface area (Å²) >= 11 is 0. The van der Waals surface area contributed by atoms with Crippen molar-refractivity contribution >= 4 is 0 Å². The second-order valence-corrected chi connectivity index (χ2v) is 8.53. The summed E-state index contributed by atoms with van der Waals surface area (Å²) in [4.78, 5) is 0. The summed E-state index contributed by atoms with van der Waals surface area (Å²) in [6, 6.07) is 6.14. The third-order valence-electron chi connectivity index (χ3n) is 4.06. The molecule has 0 spiro atoms. The molecule has 0 radical (unpaired) electrons. The minimum atomic E-state index is -0.378. The molecule has 2 unspecified atom stereocenters. The molecule has 0 aliphatic carbocycles. The van der Waals surface area contributed by atoms with Crippen molar-refractivity contribution in [2.75, 3.05) is 0 Å². The number of hydrogen-bond acceptors (Lipinski definition) is 2. The van der Waals surface area contributed by atoms with Crippen molar-refractivity contribution in [1.29, 1.82) is 0 Å². The number of aliphatic hydroxyl groups excluding tert-OH is 1. The minimum absolute atomic E-state index is 0.120. The van der Waals surface area contributed by atoms with Crippen molar-refractivity contribution in [3.05, 3.63) is 29.3 Å². The molecule has 0 aromatic heterocycles. The van der Waals surface area contributed by atoms with Gasteiger partial charge in [0.05, 0.1) is 6.10 Å². The second kappa shape index (κ2) is 5.64. The average Bonchev–Trinajstić information content (AvgIpc) is 2.58. The minimum Gasteiger partial charge on any atom is -0.487 e. The van der Waals surface area contributed by atoms with Crippen LogP contribution in [-0.2, 0) is 6.42 Å². The van der Waals surface area contributed by atoms with E-state index in [1.165, 1.54) is 5.56 Å². The maximum atomic E-state index is 10.5. The highest BCUT2D eigenvalue weighted by Gasteiger charge is 2.30. The van der Waals surface area contributed by atoms with Crippen LogP contribution >= 0.6 is 0 Å². The van der Waals surface area contributed by atoms with E-state index in [9.17, 15) is 5.11 Å². The van der Waals surface area contributed by atoms with Gasteiger partial charge in [-0.25, -0.2) is 0 Å². The normalized spacial score (nSPS) is 19.8. The fraction of sp³-hybridized carbons (Fsp3) is 0.684. The van der Waals surface area contributed by atoms with Crippen molar-refractivity contribution < 1.29 is 9.84 Å². The lowest BCUT2D eigenvalue weighted by molar-refractivity contribution is 0.134. The van der Waals surface area contributed by atoms with Crippen molar-refractivity contribution in [3.8, 4) is 5.75 Å². The number of benzene rings is 1. The number of ether oxygens (including phenoxy) is 1. The van der Waals surface area contributed by atoms with Gasteiger partial charge in [-0.3, -0.25) is 0 Å². The lowest BCUT2D eigenvalue weighted by Gasteiger charge is -2.25. The van der Waals surface area contributed by atoms with E-state index < -0.39 is 0 Å². The third-order valence-corrected chi connectivity index (χ3v) is 4.06. The largest absolute Gasteiger partial charge is 0.487 e. The van der Waals surface area contributed by atoms with Crippen LogP contribution in [0.1, 0.15) is 71.6 Å². The quantitative estimate of drug-likeness (QED) is 0.855. The van der Waals surface area contributed by atoms with Gasteiger partial charge in [-0.2, -0.15) is 0 Å². The fourth-order valence-electron chi connectivity index (χ4n) is 3.48. The van der Waals surface area contributed by atoms with Crippen LogP contribution in [0.3, 0.4) is 0 Å². The molecule has 1 aliphatic heterocycles. The molecule has 0 fully saturated rings. The molecule has 2 rings (SSSR count). The van der Waals surface area contributed by atoms with E-state index in [-0.39, 0.29) is 11.7 Å². The first-order valence-corrected chi connectivity index (χ1v) is 8.06. The van der Waals surface area contributed by atoms with Crippen LogP contribution in [-0.4, -0.2) is 10.7 Å². The summed E-state index contributed by atoms with van der Waals surface area (Å²) in [5.74, 6) is 1.49. The Morgan fingerprint density at radius 1 is 1.29 bits per heavy atom. The molecule has 0 saturated carbocycles. The van der Waals surface area contributed by atoms with Gasteiger partial charge < -0.3 is 9.84 Å². The second-order valence-electron chi connectivity index (χ2n) is 8.53. The molecule has 2 nitrogen and oxygen atoms in total. The van der Waals surface area contributed by atoms with Gasteiger partial charge in [-0.05, 0) is 61.3 Å². The van der Waals surface area contributed by atoms with Gasteiger partial charge in [-0.15, -0.1) is 0 Å². The first kappa shape index (κ1) is 16.4. The maximum Gasteiger partial charge on any atom is 0.123 e. The Balaban J connectivity index is 2.03. The number of aliphatic hydroxyl groups is 1. The molecule has 1 aromatic rings. The van der Waals surface area contributed by atoms with Crippen molar-refractivity contribution in [2.45, 2.75) is 72.5 Å². The summed E-state index contributed by atoms with van der Waals surface area (Å²) in [7, 11) is 0. The molecular weight excluding hydrogens is 260 g/mol. The Bertz CT molecular complexity index is 497. The smallest absolute Gasteiger partial charge is 0.123 e. The third kappa shape index (κ3) is 4.47. The monoisotopic (exact) mass is 290 g/mol. The Kier molecular flexibility index (Phi) is 4.39. The van der Waals surface area contributed by atoms with E-state index in [1.54, 1.807) is 0 Å². The topological polar surface area (TPSA) is 29.5 Å². The van der Waals surface area contributed by atoms with Crippen LogP contribution in [0.5, 0.6) is 5.75 Å². The highest BCUT2D eigenvalue weighted by atomic mass is 16.5. The van der Waals surface area contributed by atoms with Gasteiger partial charge in [0.25, 0.3) is 0 Å². The standard InChI is InChI=1S/C19H30O2/c1-13(11-18(2,3)4)9-16(20)14-7-8-17-15(10-14)12-19(5,6)21-17/h7-8,10,13,16,20H,9,11-12H2,1-6H3. The summed E-state index contributed by atoms with van der Waals surface area (Å²) < 4.78 is 5.89. The van der Waals surface area contributed by atoms with Crippen LogP contribution in [0.2, 0.25) is 0 Å². The highest BCUT2D eigenvalue weighted by molar-refractivity contribution is 5.42. The molecule has 0 saturated heterocycles. The summed E-state index contributed by atoms with van der Waals surface area (Å²) in [5, 5.41) is 10.5. The van der Waals surface area contributed by atoms with Crippen molar-refractivity contribution in [1.82, 2.24) is 0 Å². The predicted molar refractivity (Wildman–Crippen MR) is 87.7 cm³/mol. The van der Waals surface area contributed by atoms with Crippen LogP contribution < -0.4 is 4.74 Å². The molecule has 2 heteroatoms. The Morgan fingerprint density at radius 2 is 1.95 bits per heavy atom. The Hall–Kier alpha value is -1.02. The molecule has 0 bridgehead atoms. The molecule has 2 atom stereocenters. The maximum absolute atomic E-state index is 10.5. The lowest BCUT2D eigenvalue weighted by Crippen LogP contribution is -2.24. The van der Waals surface area contributed by atoms with Gasteiger partial charge in [0.15, 0.2) is 0 Å². The van der Waals surface area contributed by atoms with E-state index in [0.29, 0.717) is 11.3 Å². The van der Waals surface area contributed by atoms with E-state index in [0.717, 1.165) is 30.6 Å². The number of rotatable bonds is 4. The van der Waals surface area contributed by atoms with Gasteiger partial charge in [0, 0.05) is 6.42 Å². The summed E-state index contributed by atoms with van der Waals surface area (Å²) in [6.45, 7) is 13.2. The molecule has 1 aromatic carbocycles. The predicted octanol–water partition coefficient (Wildman–Crippen LogP) is 4.90. The average molecular weight is 290 g/mol. The molecule has 1 N–H and O–H groups in total. The van der Waals surface area contributed by atoms with E-state index >= 15 is 0 Å². The van der Waals surface area contributed by atoms with Crippen molar-refractivity contribution in [2.24, 2.45) is 11.3 Å². The molecule has 1 heterocycles. The van der Waals surface area contributed by atoms with Crippen LogP contribution in [0.25, 0.3) is 0 Å². The SMILES string of the molecule is CC(CC(O)c1ccc2c(c1)CC(C)(C)O2)CC(C)(C)C. The van der Waals surface area contributed by atoms with E-state index in [4.69, 9.17) is 4.74 Å². The summed E-state index contributed by atoms with van der Waals surface area (Å²) in [5.41, 5.74) is 2.44. The zero-order valence-electron chi connectivity index (χ0n) is 14.4.